The lowest BCUT2D eigenvalue weighted by atomic mass is 9.84. The van der Waals surface area contributed by atoms with Gasteiger partial charge < -0.3 is 33.2 Å². The molecule has 50 heavy (non-hydrogen) atoms. The number of benzene rings is 3. The third kappa shape index (κ3) is 9.26. The van der Waals surface area contributed by atoms with Crippen molar-refractivity contribution in [3.05, 3.63) is 112 Å². The third-order valence-electron chi connectivity index (χ3n) is 8.90. The van der Waals surface area contributed by atoms with Gasteiger partial charge in [0.25, 0.3) is 0 Å². The molecule has 0 saturated carbocycles. The standard InChI is InChI=1S/C40H44O10/c1-5-6-33-37-34(39(42)50-40(37)43)21-29(19-20-47-23-26-7-13-30(44-2)14-8-26)36(48-24-27-9-15-31(45-3)16-10-27)22-35(41)38(33)49-25-28-11-17-32(46-4)18-12-28/h7-19,33,36,38H,5-6,20-25H2,1-4H3/b29-19-/t33-,36+,38-/m0/s1. The Morgan fingerprint density at radius 3 is 1.74 bits per heavy atom. The Morgan fingerprint density at radius 2 is 1.22 bits per heavy atom. The van der Waals surface area contributed by atoms with Crippen molar-refractivity contribution in [2.24, 2.45) is 5.92 Å². The largest absolute Gasteiger partial charge is 0.497 e. The first kappa shape index (κ1) is 36.5. The fourth-order valence-electron chi connectivity index (χ4n) is 6.18. The molecule has 5 rings (SSSR count). The van der Waals surface area contributed by atoms with Crippen LogP contribution in [0.25, 0.3) is 0 Å². The van der Waals surface area contributed by atoms with Gasteiger partial charge >= 0.3 is 11.9 Å². The zero-order valence-electron chi connectivity index (χ0n) is 29.0. The number of carbonyl (C=O) groups is 3. The maximum absolute atomic E-state index is 14.4. The molecule has 0 unspecified atom stereocenters. The molecule has 10 heteroatoms. The Hall–Kier alpha value is -4.77. The summed E-state index contributed by atoms with van der Waals surface area (Å²) in [5.41, 5.74) is 3.73. The lowest BCUT2D eigenvalue weighted by molar-refractivity contribution is -0.151. The summed E-state index contributed by atoms with van der Waals surface area (Å²) in [4.78, 5) is 40.9. The summed E-state index contributed by atoms with van der Waals surface area (Å²) in [6.07, 6.45) is 1.22. The van der Waals surface area contributed by atoms with Crippen LogP contribution in [0.1, 0.15) is 49.3 Å². The highest BCUT2D eigenvalue weighted by atomic mass is 16.6. The number of ether oxygens (including phenoxy) is 7. The Balaban J connectivity index is 1.46. The zero-order chi connectivity index (χ0) is 35.5. The van der Waals surface area contributed by atoms with Crippen molar-refractivity contribution in [3.63, 3.8) is 0 Å². The van der Waals surface area contributed by atoms with Gasteiger partial charge in [0.2, 0.25) is 0 Å². The second-order valence-corrected chi connectivity index (χ2v) is 12.2. The van der Waals surface area contributed by atoms with E-state index >= 15 is 0 Å². The van der Waals surface area contributed by atoms with Crippen molar-refractivity contribution in [1.82, 2.24) is 0 Å². The van der Waals surface area contributed by atoms with Gasteiger partial charge in [-0.25, -0.2) is 9.59 Å². The second-order valence-electron chi connectivity index (χ2n) is 12.2. The van der Waals surface area contributed by atoms with Gasteiger partial charge in [-0.05, 0) is 65.1 Å². The predicted molar refractivity (Wildman–Crippen MR) is 185 cm³/mol. The summed E-state index contributed by atoms with van der Waals surface area (Å²) < 4.78 is 39.8. The summed E-state index contributed by atoms with van der Waals surface area (Å²) in [6.45, 7) is 2.78. The number of methoxy groups -OCH3 is 3. The van der Waals surface area contributed by atoms with Gasteiger partial charge in [0.1, 0.15) is 23.4 Å². The highest BCUT2D eigenvalue weighted by molar-refractivity contribution is 6.13. The van der Waals surface area contributed by atoms with Crippen LogP contribution in [0, 0.1) is 5.92 Å². The summed E-state index contributed by atoms with van der Waals surface area (Å²) in [6, 6.07) is 22.4. The molecule has 1 aliphatic carbocycles. The normalized spacial score (nSPS) is 20.2. The van der Waals surface area contributed by atoms with Gasteiger partial charge in [0, 0.05) is 18.8 Å². The van der Waals surface area contributed by atoms with Gasteiger partial charge in [-0.1, -0.05) is 55.8 Å². The van der Waals surface area contributed by atoms with Crippen molar-refractivity contribution in [1.29, 1.82) is 0 Å². The van der Waals surface area contributed by atoms with E-state index in [0.29, 0.717) is 36.5 Å². The summed E-state index contributed by atoms with van der Waals surface area (Å²) >= 11 is 0. The Labute approximate surface area is 292 Å². The SMILES string of the molecule is CCC[C@H]1C2=C(C/C(=C/COCc3ccc(OC)cc3)[C@H](OCc3ccc(OC)cc3)CC(=O)[C@H]1OCc1ccc(OC)cc1)C(=O)OC2=O. The molecule has 0 amide bonds. The fraction of sp³-hybridized carbons (Fsp3) is 0.375. The molecule has 3 atom stereocenters. The number of cyclic esters (lactones) is 2. The Morgan fingerprint density at radius 1 is 0.700 bits per heavy atom. The average Bonchev–Trinajstić information content (AvgIpc) is 3.44. The van der Waals surface area contributed by atoms with Crippen LogP contribution in [-0.4, -0.2) is 57.9 Å². The number of esters is 2. The smallest absolute Gasteiger partial charge is 0.342 e. The van der Waals surface area contributed by atoms with Crippen molar-refractivity contribution >= 4 is 17.7 Å². The lowest BCUT2D eigenvalue weighted by Gasteiger charge is -2.27. The maximum atomic E-state index is 14.4. The fourth-order valence-corrected chi connectivity index (χ4v) is 6.18. The first-order chi connectivity index (χ1) is 24.3. The van der Waals surface area contributed by atoms with Crippen LogP contribution in [0.5, 0.6) is 17.2 Å². The second kappa shape index (κ2) is 17.8. The highest BCUT2D eigenvalue weighted by Gasteiger charge is 2.45. The van der Waals surface area contributed by atoms with Crippen molar-refractivity contribution in [2.45, 2.75) is 64.6 Å². The molecular weight excluding hydrogens is 640 g/mol. The topological polar surface area (TPSA) is 116 Å². The van der Waals surface area contributed by atoms with Crippen LogP contribution in [-0.2, 0) is 53.2 Å². The van der Waals surface area contributed by atoms with E-state index in [2.05, 4.69) is 0 Å². The van der Waals surface area contributed by atoms with Crippen LogP contribution < -0.4 is 14.2 Å². The van der Waals surface area contributed by atoms with E-state index in [-0.39, 0.29) is 49.6 Å². The van der Waals surface area contributed by atoms with Crippen LogP contribution in [0.4, 0.5) is 0 Å². The van der Waals surface area contributed by atoms with Crippen molar-refractivity contribution < 1.29 is 47.5 Å². The van der Waals surface area contributed by atoms with Crippen molar-refractivity contribution in [2.75, 3.05) is 27.9 Å². The molecule has 1 heterocycles. The van der Waals surface area contributed by atoms with E-state index in [1.165, 1.54) is 0 Å². The number of carbonyl (C=O) groups excluding carboxylic acids is 3. The van der Waals surface area contributed by atoms with Crippen molar-refractivity contribution in [3.8, 4) is 17.2 Å². The van der Waals surface area contributed by atoms with Crippen LogP contribution in [0.2, 0.25) is 0 Å². The van der Waals surface area contributed by atoms with E-state index in [1.807, 2.05) is 85.8 Å². The predicted octanol–water partition coefficient (Wildman–Crippen LogP) is 6.49. The number of rotatable bonds is 15. The van der Waals surface area contributed by atoms with Gasteiger partial charge in [-0.3, -0.25) is 4.79 Å². The van der Waals surface area contributed by atoms with Crippen LogP contribution in [0.15, 0.2) is 95.6 Å². The summed E-state index contributed by atoms with van der Waals surface area (Å²) in [5.74, 6) is -0.200. The molecule has 0 N–H and O–H groups in total. The first-order valence-electron chi connectivity index (χ1n) is 16.7. The molecule has 3 aromatic rings. The Bertz CT molecular complexity index is 1670. The van der Waals surface area contributed by atoms with Crippen LogP contribution in [0.3, 0.4) is 0 Å². The Kier molecular flexibility index (Phi) is 13.0. The quantitative estimate of drug-likeness (QED) is 0.0762. The minimum absolute atomic E-state index is 0.0300. The molecule has 264 valence electrons. The monoisotopic (exact) mass is 684 g/mol. The molecule has 0 bridgehead atoms. The molecular formula is C40H44O10. The molecule has 10 nitrogen and oxygen atoms in total. The van der Waals surface area contributed by atoms with E-state index in [4.69, 9.17) is 33.2 Å². The average molecular weight is 685 g/mol. The van der Waals surface area contributed by atoms with Gasteiger partial charge in [-0.15, -0.1) is 0 Å². The molecule has 2 aliphatic rings. The number of ketones is 1. The molecule has 0 spiro atoms. The summed E-state index contributed by atoms with van der Waals surface area (Å²) in [7, 11) is 4.80. The highest BCUT2D eigenvalue weighted by Crippen LogP contribution is 2.38. The molecule has 1 aliphatic heterocycles. The van der Waals surface area contributed by atoms with Crippen LogP contribution >= 0.6 is 0 Å². The number of hydrogen-bond donors (Lipinski definition) is 0. The number of Topliss-reactive ketones (excluding diaryl/α,β-unsaturated/α-hetero) is 1. The van der Waals surface area contributed by atoms with Gasteiger partial charge in [0.05, 0.1) is 65.0 Å². The van der Waals surface area contributed by atoms with Gasteiger partial charge in [0.15, 0.2) is 5.78 Å². The van der Waals surface area contributed by atoms with E-state index in [0.717, 1.165) is 22.4 Å². The first-order valence-corrected chi connectivity index (χ1v) is 16.7. The van der Waals surface area contributed by atoms with E-state index < -0.39 is 30.1 Å². The number of hydrogen-bond acceptors (Lipinski definition) is 10. The molecule has 0 radical (unpaired) electrons. The van der Waals surface area contributed by atoms with E-state index in [9.17, 15) is 14.4 Å². The minimum Gasteiger partial charge on any atom is -0.497 e. The zero-order valence-corrected chi connectivity index (χ0v) is 29.0. The maximum Gasteiger partial charge on any atom is 0.342 e. The van der Waals surface area contributed by atoms with Gasteiger partial charge in [-0.2, -0.15) is 0 Å². The lowest BCUT2D eigenvalue weighted by Crippen LogP contribution is -2.37. The molecule has 3 aromatic carbocycles. The summed E-state index contributed by atoms with van der Waals surface area (Å²) in [5, 5.41) is 0. The molecule has 0 aromatic heterocycles. The third-order valence-corrected chi connectivity index (χ3v) is 8.90. The van der Waals surface area contributed by atoms with E-state index in [1.54, 1.807) is 21.3 Å². The molecule has 0 saturated heterocycles. The minimum atomic E-state index is -1.02. The molecule has 0 fully saturated rings.